The van der Waals surface area contributed by atoms with Crippen LogP contribution in [0.5, 0.6) is 0 Å². The molecule has 0 unspecified atom stereocenters. The Balaban J connectivity index is 1.64. The van der Waals surface area contributed by atoms with E-state index < -0.39 is 0 Å². The number of rotatable bonds is 6. The first-order valence-corrected chi connectivity index (χ1v) is 7.25. The molecule has 1 heterocycles. The summed E-state index contributed by atoms with van der Waals surface area (Å²) in [5.74, 6) is 0. The second kappa shape index (κ2) is 6.66. The van der Waals surface area contributed by atoms with Gasteiger partial charge in [-0.1, -0.05) is 30.3 Å². The van der Waals surface area contributed by atoms with Gasteiger partial charge >= 0.3 is 0 Å². The molecule has 2 rings (SSSR count). The molecule has 1 aromatic heterocycles. The molecule has 18 heavy (non-hydrogen) atoms. The van der Waals surface area contributed by atoms with Crippen molar-refractivity contribution in [3.63, 3.8) is 0 Å². The van der Waals surface area contributed by atoms with Crippen molar-refractivity contribution in [3.8, 4) is 0 Å². The zero-order valence-corrected chi connectivity index (χ0v) is 11.9. The molecule has 0 saturated carbocycles. The summed E-state index contributed by atoms with van der Waals surface area (Å²) >= 11 is 1.82. The summed E-state index contributed by atoms with van der Waals surface area (Å²) in [6.07, 6.45) is 2.13. The average Bonchev–Trinajstić information content (AvgIpc) is 2.70. The van der Waals surface area contributed by atoms with Gasteiger partial charge in [-0.15, -0.1) is 11.3 Å². The quantitative estimate of drug-likeness (QED) is 0.807. The van der Waals surface area contributed by atoms with E-state index in [1.807, 2.05) is 11.3 Å². The molecule has 0 aliphatic rings. The third-order valence-electron chi connectivity index (χ3n) is 3.02. The normalized spacial score (nSPS) is 10.8. The number of aromatic nitrogens is 1. The molecular weight excluding hydrogens is 240 g/mol. The molecule has 0 amide bonds. The topological polar surface area (TPSA) is 24.9 Å². The Morgan fingerprint density at radius 1 is 1.06 bits per heavy atom. The van der Waals surface area contributed by atoms with Crippen molar-refractivity contribution in [3.05, 3.63) is 51.5 Å². The molecule has 96 valence electrons. The molecule has 0 atom stereocenters. The number of hydrogen-bond acceptors (Lipinski definition) is 3. The molecular formula is C15H20N2S. The molecule has 2 nitrogen and oxygen atoms in total. The molecule has 0 radical (unpaired) electrons. The van der Waals surface area contributed by atoms with Crippen molar-refractivity contribution in [2.24, 2.45) is 0 Å². The molecule has 1 aromatic carbocycles. The van der Waals surface area contributed by atoms with Crippen LogP contribution in [0.25, 0.3) is 0 Å². The molecule has 0 aliphatic carbocycles. The van der Waals surface area contributed by atoms with Crippen LogP contribution in [0.3, 0.4) is 0 Å². The molecule has 0 saturated heterocycles. The van der Waals surface area contributed by atoms with Gasteiger partial charge in [0.15, 0.2) is 0 Å². The van der Waals surface area contributed by atoms with E-state index >= 15 is 0 Å². The maximum absolute atomic E-state index is 4.54. The van der Waals surface area contributed by atoms with Gasteiger partial charge in [-0.2, -0.15) is 0 Å². The highest BCUT2D eigenvalue weighted by molar-refractivity contribution is 7.11. The number of benzene rings is 1. The van der Waals surface area contributed by atoms with Crippen molar-refractivity contribution >= 4 is 11.3 Å². The summed E-state index contributed by atoms with van der Waals surface area (Å²) in [6, 6.07) is 10.6. The Bertz CT molecular complexity index is 457. The van der Waals surface area contributed by atoms with Crippen molar-refractivity contribution < 1.29 is 0 Å². The Labute approximate surface area is 113 Å². The number of thiazole rings is 1. The Kier molecular flexibility index (Phi) is 4.90. The third kappa shape index (κ3) is 3.93. The van der Waals surface area contributed by atoms with E-state index in [9.17, 15) is 0 Å². The van der Waals surface area contributed by atoms with Crippen LogP contribution in [-0.2, 0) is 12.8 Å². The number of nitrogens with zero attached hydrogens (tertiary/aromatic N) is 1. The summed E-state index contributed by atoms with van der Waals surface area (Å²) < 4.78 is 0. The van der Waals surface area contributed by atoms with Crippen molar-refractivity contribution in [1.82, 2.24) is 10.3 Å². The number of nitrogens with one attached hydrogen (secondary N) is 1. The van der Waals surface area contributed by atoms with Gasteiger partial charge in [0.2, 0.25) is 0 Å². The van der Waals surface area contributed by atoms with Crippen molar-refractivity contribution in [2.75, 3.05) is 13.1 Å². The minimum atomic E-state index is 1.01. The van der Waals surface area contributed by atoms with E-state index in [1.165, 1.54) is 21.1 Å². The monoisotopic (exact) mass is 260 g/mol. The lowest BCUT2D eigenvalue weighted by atomic mass is 10.1. The van der Waals surface area contributed by atoms with Crippen LogP contribution < -0.4 is 5.32 Å². The standard InChI is InChI=1S/C15H20N2S/c1-12-13(2)18-15(17-12)9-11-16-10-8-14-6-4-3-5-7-14/h3-7,16H,8-11H2,1-2H3. The Morgan fingerprint density at radius 3 is 2.44 bits per heavy atom. The van der Waals surface area contributed by atoms with E-state index in [2.05, 4.69) is 54.5 Å². The SMILES string of the molecule is Cc1nc(CCNCCc2ccccc2)sc1C. The first-order chi connectivity index (χ1) is 8.75. The maximum Gasteiger partial charge on any atom is 0.0943 e. The summed E-state index contributed by atoms with van der Waals surface area (Å²) in [6.45, 7) is 6.27. The summed E-state index contributed by atoms with van der Waals surface area (Å²) in [4.78, 5) is 5.89. The smallest absolute Gasteiger partial charge is 0.0943 e. The highest BCUT2D eigenvalue weighted by Gasteiger charge is 2.02. The highest BCUT2D eigenvalue weighted by Crippen LogP contribution is 2.16. The summed E-state index contributed by atoms with van der Waals surface area (Å²) in [5, 5.41) is 4.73. The van der Waals surface area contributed by atoms with Gasteiger partial charge in [0.05, 0.1) is 10.7 Å². The van der Waals surface area contributed by atoms with E-state index in [1.54, 1.807) is 0 Å². The van der Waals surface area contributed by atoms with Crippen LogP contribution in [0.4, 0.5) is 0 Å². The third-order valence-corrected chi connectivity index (χ3v) is 4.15. The molecule has 0 spiro atoms. The van der Waals surface area contributed by atoms with Gasteiger partial charge < -0.3 is 5.32 Å². The highest BCUT2D eigenvalue weighted by atomic mass is 32.1. The minimum Gasteiger partial charge on any atom is -0.316 e. The van der Waals surface area contributed by atoms with E-state index in [4.69, 9.17) is 0 Å². The van der Waals surface area contributed by atoms with Gasteiger partial charge in [-0.3, -0.25) is 0 Å². The fourth-order valence-electron chi connectivity index (χ4n) is 1.84. The average molecular weight is 260 g/mol. The molecule has 3 heteroatoms. The fraction of sp³-hybridized carbons (Fsp3) is 0.400. The number of aryl methyl sites for hydroxylation is 2. The zero-order valence-electron chi connectivity index (χ0n) is 11.1. The van der Waals surface area contributed by atoms with Gasteiger partial charge in [0.1, 0.15) is 0 Å². The Hall–Kier alpha value is -1.19. The van der Waals surface area contributed by atoms with Crippen LogP contribution in [0.2, 0.25) is 0 Å². The summed E-state index contributed by atoms with van der Waals surface area (Å²) in [7, 11) is 0. The lowest BCUT2D eigenvalue weighted by Gasteiger charge is -2.03. The van der Waals surface area contributed by atoms with Crippen molar-refractivity contribution in [2.45, 2.75) is 26.7 Å². The molecule has 0 aliphatic heterocycles. The first kappa shape index (κ1) is 13.2. The van der Waals surface area contributed by atoms with E-state index in [0.29, 0.717) is 0 Å². The zero-order chi connectivity index (χ0) is 12.8. The minimum absolute atomic E-state index is 1.01. The molecule has 0 bridgehead atoms. The molecule has 0 fully saturated rings. The lowest BCUT2D eigenvalue weighted by molar-refractivity contribution is 0.680. The van der Waals surface area contributed by atoms with E-state index in [-0.39, 0.29) is 0 Å². The van der Waals surface area contributed by atoms with Gasteiger partial charge in [0, 0.05) is 17.8 Å². The van der Waals surface area contributed by atoms with Gasteiger partial charge in [-0.05, 0) is 32.4 Å². The first-order valence-electron chi connectivity index (χ1n) is 6.43. The van der Waals surface area contributed by atoms with Gasteiger partial charge in [-0.25, -0.2) is 4.98 Å². The Morgan fingerprint density at radius 2 is 1.78 bits per heavy atom. The summed E-state index contributed by atoms with van der Waals surface area (Å²) in [5.41, 5.74) is 2.57. The van der Waals surface area contributed by atoms with Gasteiger partial charge in [0.25, 0.3) is 0 Å². The largest absolute Gasteiger partial charge is 0.316 e. The number of hydrogen-bond donors (Lipinski definition) is 1. The van der Waals surface area contributed by atoms with Crippen LogP contribution in [0.15, 0.2) is 30.3 Å². The van der Waals surface area contributed by atoms with Crippen LogP contribution in [-0.4, -0.2) is 18.1 Å². The molecule has 2 aromatic rings. The molecule has 1 N–H and O–H groups in total. The van der Waals surface area contributed by atoms with Crippen molar-refractivity contribution in [1.29, 1.82) is 0 Å². The predicted octanol–water partition coefficient (Wildman–Crippen LogP) is 3.13. The van der Waals surface area contributed by atoms with Crippen LogP contribution >= 0.6 is 11.3 Å². The van der Waals surface area contributed by atoms with Crippen LogP contribution in [0, 0.1) is 13.8 Å². The second-order valence-electron chi connectivity index (χ2n) is 4.48. The predicted molar refractivity (Wildman–Crippen MR) is 78.3 cm³/mol. The lowest BCUT2D eigenvalue weighted by Crippen LogP contribution is -2.20. The second-order valence-corrected chi connectivity index (χ2v) is 5.77. The van der Waals surface area contributed by atoms with Crippen LogP contribution in [0.1, 0.15) is 21.1 Å². The maximum atomic E-state index is 4.54. The fourth-order valence-corrected chi connectivity index (χ4v) is 2.78. The van der Waals surface area contributed by atoms with E-state index in [0.717, 1.165) is 25.9 Å².